The van der Waals surface area contributed by atoms with Gasteiger partial charge < -0.3 is 14.4 Å². The van der Waals surface area contributed by atoms with Crippen LogP contribution in [0.15, 0.2) is 77.3 Å². The van der Waals surface area contributed by atoms with Gasteiger partial charge in [-0.3, -0.25) is 9.52 Å². The first-order chi connectivity index (χ1) is 16.8. The number of piperazine rings is 1. The van der Waals surface area contributed by atoms with Crippen molar-refractivity contribution in [3.8, 4) is 0 Å². The number of carbonyl (C=O) groups excluding carboxylic acids is 1. The number of aromatic nitrogens is 2. The van der Waals surface area contributed by atoms with Gasteiger partial charge in [-0.25, -0.2) is 13.4 Å². The molecule has 3 heterocycles. The van der Waals surface area contributed by atoms with Crippen molar-refractivity contribution < 1.29 is 14.6 Å². The van der Waals surface area contributed by atoms with E-state index in [1.54, 1.807) is 23.7 Å². The highest BCUT2D eigenvalue weighted by Crippen LogP contribution is 2.26. The molecule has 35 heavy (non-hydrogen) atoms. The van der Waals surface area contributed by atoms with Crippen molar-refractivity contribution in [2.45, 2.75) is 30.8 Å². The fourth-order valence-electron chi connectivity index (χ4n) is 4.60. The summed E-state index contributed by atoms with van der Waals surface area (Å²) in [6.07, 6.45) is 3.53. The second-order valence-corrected chi connectivity index (χ2v) is 11.3. The van der Waals surface area contributed by atoms with Gasteiger partial charge in [0, 0.05) is 56.1 Å². The molecule has 10 heteroatoms. The molecule has 0 bridgehead atoms. The fraction of sp³-hybridized carbons (Fsp3) is 0.280. The number of amides is 1. The van der Waals surface area contributed by atoms with Crippen molar-refractivity contribution in [2.75, 3.05) is 29.3 Å². The van der Waals surface area contributed by atoms with E-state index in [0.717, 1.165) is 16.6 Å². The van der Waals surface area contributed by atoms with Crippen LogP contribution in [0, 0.1) is 0 Å². The highest BCUT2D eigenvalue weighted by atomic mass is 32.2. The monoisotopic (exact) mass is 511 g/mol. The van der Waals surface area contributed by atoms with E-state index in [4.69, 9.17) is 0 Å². The zero-order chi connectivity index (χ0) is 24.6. The quantitative estimate of drug-likeness (QED) is 0.413. The Morgan fingerprint density at radius 2 is 1.91 bits per heavy atom. The SMILES string of the molecule is CC1CN(c2ccc(S(=O)(=O)Nc3nccs3)cc2)CCN1C(=O)[C@H](C)n1ccc2ccccc21.[HH]. The molecule has 1 aliphatic heterocycles. The van der Waals surface area contributed by atoms with Gasteiger partial charge in [0.25, 0.3) is 10.0 Å². The summed E-state index contributed by atoms with van der Waals surface area (Å²) in [4.78, 5) is 21.7. The minimum atomic E-state index is -3.68. The highest BCUT2D eigenvalue weighted by molar-refractivity contribution is 7.93. The van der Waals surface area contributed by atoms with Crippen LogP contribution in [0.25, 0.3) is 10.9 Å². The number of carbonyl (C=O) groups is 1. The molecule has 1 amide bonds. The van der Waals surface area contributed by atoms with E-state index in [2.05, 4.69) is 27.6 Å². The summed E-state index contributed by atoms with van der Waals surface area (Å²) in [5.41, 5.74) is 1.99. The number of hydrogen-bond donors (Lipinski definition) is 1. The van der Waals surface area contributed by atoms with Crippen LogP contribution in [0.1, 0.15) is 21.3 Å². The Bertz CT molecular complexity index is 1440. The highest BCUT2D eigenvalue weighted by Gasteiger charge is 2.31. The Hall–Kier alpha value is -3.37. The molecule has 1 saturated heterocycles. The fourth-order valence-corrected chi connectivity index (χ4v) is 6.39. The Balaban J connectivity index is 0.00000304. The number of rotatable bonds is 6. The van der Waals surface area contributed by atoms with Crippen LogP contribution in [-0.2, 0) is 14.8 Å². The van der Waals surface area contributed by atoms with Crippen molar-refractivity contribution in [1.82, 2.24) is 14.5 Å². The molecule has 0 saturated carbocycles. The van der Waals surface area contributed by atoms with Crippen LogP contribution < -0.4 is 9.62 Å². The first-order valence-electron chi connectivity index (χ1n) is 11.5. The van der Waals surface area contributed by atoms with Gasteiger partial charge in [0.2, 0.25) is 5.91 Å². The largest absolute Gasteiger partial charge is 0.368 e. The summed E-state index contributed by atoms with van der Waals surface area (Å²) >= 11 is 1.23. The number of nitrogens with one attached hydrogen (secondary N) is 1. The predicted octanol–water partition coefficient (Wildman–Crippen LogP) is 4.44. The average molecular weight is 512 g/mol. The van der Waals surface area contributed by atoms with Crippen molar-refractivity contribution >= 4 is 49.0 Å². The maximum absolute atomic E-state index is 13.4. The minimum Gasteiger partial charge on any atom is -0.368 e. The summed E-state index contributed by atoms with van der Waals surface area (Å²) in [5.74, 6) is 0.105. The molecular weight excluding hydrogens is 482 g/mol. The molecule has 184 valence electrons. The Morgan fingerprint density at radius 1 is 1.14 bits per heavy atom. The number of nitrogens with zero attached hydrogens (tertiary/aromatic N) is 4. The van der Waals surface area contributed by atoms with E-state index in [1.807, 2.05) is 59.0 Å². The lowest BCUT2D eigenvalue weighted by Gasteiger charge is -2.42. The molecule has 1 fully saturated rings. The van der Waals surface area contributed by atoms with Gasteiger partial charge in [-0.05, 0) is 55.6 Å². The molecule has 8 nitrogen and oxygen atoms in total. The van der Waals surface area contributed by atoms with Gasteiger partial charge in [0.1, 0.15) is 6.04 Å². The maximum atomic E-state index is 13.4. The zero-order valence-electron chi connectivity index (χ0n) is 19.5. The van der Waals surface area contributed by atoms with Crippen LogP contribution >= 0.6 is 11.3 Å². The Labute approximate surface area is 210 Å². The summed E-state index contributed by atoms with van der Waals surface area (Å²) in [5, 5.41) is 3.18. The van der Waals surface area contributed by atoms with Crippen LogP contribution in [0.3, 0.4) is 0 Å². The molecule has 0 radical (unpaired) electrons. The van der Waals surface area contributed by atoms with Gasteiger partial charge >= 0.3 is 0 Å². The number of para-hydroxylation sites is 1. The predicted molar refractivity (Wildman–Crippen MR) is 142 cm³/mol. The number of fused-ring (bicyclic) bond motifs is 1. The molecule has 2 aromatic heterocycles. The van der Waals surface area contributed by atoms with Crippen molar-refractivity contribution in [2.24, 2.45) is 0 Å². The van der Waals surface area contributed by atoms with E-state index < -0.39 is 10.0 Å². The lowest BCUT2D eigenvalue weighted by molar-refractivity contribution is -0.136. The second-order valence-electron chi connectivity index (χ2n) is 8.72. The molecule has 0 spiro atoms. The summed E-state index contributed by atoms with van der Waals surface area (Å²) < 4.78 is 29.7. The van der Waals surface area contributed by atoms with Gasteiger partial charge in [-0.2, -0.15) is 0 Å². The number of hydrogen-bond acceptors (Lipinski definition) is 6. The second kappa shape index (κ2) is 9.35. The van der Waals surface area contributed by atoms with E-state index in [-0.39, 0.29) is 24.3 Å². The van der Waals surface area contributed by atoms with Gasteiger partial charge in [0.05, 0.1) is 4.90 Å². The third kappa shape index (κ3) is 4.63. The third-order valence-corrected chi connectivity index (χ3v) is 8.65. The lowest BCUT2D eigenvalue weighted by atomic mass is 10.1. The number of anilines is 2. The van der Waals surface area contributed by atoms with E-state index in [9.17, 15) is 13.2 Å². The van der Waals surface area contributed by atoms with E-state index in [1.165, 1.54) is 11.3 Å². The smallest absolute Gasteiger partial charge is 0.263 e. The molecule has 1 unspecified atom stereocenters. The zero-order valence-corrected chi connectivity index (χ0v) is 21.2. The number of thiazole rings is 1. The lowest BCUT2D eigenvalue weighted by Crippen LogP contribution is -2.55. The Kier molecular flexibility index (Phi) is 6.24. The topological polar surface area (TPSA) is 87.5 Å². The molecule has 2 aromatic carbocycles. The van der Waals surface area contributed by atoms with Crippen molar-refractivity contribution in [1.29, 1.82) is 0 Å². The minimum absolute atomic E-state index is 0. The maximum Gasteiger partial charge on any atom is 0.263 e. The molecule has 1 N–H and O–H groups in total. The Morgan fingerprint density at radius 3 is 2.63 bits per heavy atom. The summed E-state index contributed by atoms with van der Waals surface area (Å²) in [7, 11) is -3.68. The normalized spacial score (nSPS) is 17.5. The molecule has 0 aliphatic carbocycles. The molecule has 2 atom stereocenters. The van der Waals surface area contributed by atoms with Gasteiger partial charge in [-0.1, -0.05) is 18.2 Å². The molecular formula is C25H29N5O3S2. The standard InChI is InChI=1S/C25H27N5O3S2.H2/c1-18-17-28(21-7-9-22(10-8-21)35(32,33)27-25-26-12-16-34-25)14-15-29(18)24(31)19(2)30-13-11-20-5-3-4-6-23(20)30;/h3-13,16,18-19H,14-15,17H2,1-2H3,(H,26,27);1H/t18?,19-;/m0./s1. The van der Waals surface area contributed by atoms with E-state index >= 15 is 0 Å². The van der Waals surface area contributed by atoms with E-state index in [0.29, 0.717) is 24.8 Å². The first kappa shape index (κ1) is 23.4. The number of sulfonamides is 1. The van der Waals surface area contributed by atoms with Crippen LogP contribution in [0.2, 0.25) is 0 Å². The van der Waals surface area contributed by atoms with Crippen LogP contribution in [0.4, 0.5) is 10.8 Å². The average Bonchev–Trinajstić information content (AvgIpc) is 3.53. The molecule has 4 aromatic rings. The molecule has 1 aliphatic rings. The van der Waals surface area contributed by atoms with Gasteiger partial charge in [-0.15, -0.1) is 11.3 Å². The molecule has 5 rings (SSSR count). The van der Waals surface area contributed by atoms with Crippen LogP contribution in [-0.4, -0.2) is 54.5 Å². The third-order valence-electron chi connectivity index (χ3n) is 6.48. The summed E-state index contributed by atoms with van der Waals surface area (Å²) in [6, 6.07) is 16.7. The van der Waals surface area contributed by atoms with Crippen molar-refractivity contribution in [3.05, 3.63) is 72.4 Å². The first-order valence-corrected chi connectivity index (χ1v) is 13.8. The summed E-state index contributed by atoms with van der Waals surface area (Å²) in [6.45, 7) is 5.97. The number of benzene rings is 2. The van der Waals surface area contributed by atoms with Crippen LogP contribution in [0.5, 0.6) is 0 Å². The van der Waals surface area contributed by atoms with Gasteiger partial charge in [0.15, 0.2) is 5.13 Å². The van der Waals surface area contributed by atoms with Crippen molar-refractivity contribution in [3.63, 3.8) is 0 Å².